The fourth-order valence-electron chi connectivity index (χ4n) is 5.31. The van der Waals surface area contributed by atoms with Crippen molar-refractivity contribution in [1.29, 1.82) is 0 Å². The maximum atomic E-state index is 14.0. The van der Waals surface area contributed by atoms with Gasteiger partial charge in [0.2, 0.25) is 0 Å². The van der Waals surface area contributed by atoms with E-state index in [2.05, 4.69) is 53.9 Å². The van der Waals surface area contributed by atoms with Crippen LogP contribution in [0.4, 0.5) is 0 Å². The third-order valence-electron chi connectivity index (χ3n) is 7.33. The Morgan fingerprint density at radius 1 is 1.13 bits per heavy atom. The van der Waals surface area contributed by atoms with Crippen LogP contribution in [0.1, 0.15) is 135 Å². The number of aliphatic hydroxyl groups excluding tert-OH is 1. The number of ketones is 1. The van der Waals surface area contributed by atoms with Gasteiger partial charge in [0, 0.05) is 16.8 Å². The molecule has 1 aromatic heterocycles. The van der Waals surface area contributed by atoms with Gasteiger partial charge in [-0.15, -0.1) is 0 Å². The number of hydrogen-bond acceptors (Lipinski definition) is 6. The monoisotopic (exact) mass is 551 g/mol. The van der Waals surface area contributed by atoms with E-state index >= 15 is 0 Å². The van der Waals surface area contributed by atoms with Gasteiger partial charge < -0.3 is 9.84 Å². The molecule has 2 aliphatic carbocycles. The summed E-state index contributed by atoms with van der Waals surface area (Å²) in [5, 5.41) is 12.1. The second-order valence-corrected chi connectivity index (χ2v) is 13.3. The van der Waals surface area contributed by atoms with Crippen molar-refractivity contribution in [3.8, 4) is 0 Å². The van der Waals surface area contributed by atoms with Gasteiger partial charge in [-0.1, -0.05) is 59.8 Å². The number of carbonyl (C=O) groups is 2. The number of nitrogens with zero attached hydrogens (tertiary/aromatic N) is 1. The lowest BCUT2D eigenvalue weighted by Crippen LogP contribution is -2.30. The Morgan fingerprint density at radius 2 is 1.74 bits per heavy atom. The Morgan fingerprint density at radius 3 is 2.26 bits per heavy atom. The molecule has 1 atom stereocenters. The standard InChI is InChI=1S/C29H35NO4.C4H10S/c1-6-34-28(33)20-13-11-19(12-14-20)27(32)25-23(18-9-7-8-10-18)24-21(30-26(25)17(2)3)15-29(4,5)16-22(24)31;1-4(2)5-3/h9,11-14,17,22,31H,6-8,10,15-16H2,1-5H3;4H,1-3H3. The van der Waals surface area contributed by atoms with E-state index in [-0.39, 0.29) is 17.1 Å². The highest BCUT2D eigenvalue weighted by atomic mass is 32.2. The zero-order valence-electron chi connectivity index (χ0n) is 24.9. The quantitative estimate of drug-likeness (QED) is 0.278. The minimum absolute atomic E-state index is 0.0472. The second kappa shape index (κ2) is 13.3. The Labute approximate surface area is 238 Å². The van der Waals surface area contributed by atoms with Crippen LogP contribution in [0.3, 0.4) is 0 Å². The van der Waals surface area contributed by atoms with Gasteiger partial charge in [0.25, 0.3) is 0 Å². The van der Waals surface area contributed by atoms with Gasteiger partial charge in [-0.25, -0.2) is 4.79 Å². The van der Waals surface area contributed by atoms with Crippen molar-refractivity contribution in [3.05, 3.63) is 69.5 Å². The second-order valence-electron chi connectivity index (χ2n) is 11.9. The number of aliphatic hydroxyl groups is 1. The average Bonchev–Trinajstić information content (AvgIpc) is 3.41. The lowest BCUT2D eigenvalue weighted by atomic mass is 9.71. The summed E-state index contributed by atoms with van der Waals surface area (Å²) >= 11 is 1.88. The minimum atomic E-state index is -0.651. The molecule has 0 fully saturated rings. The molecule has 0 bridgehead atoms. The molecule has 0 radical (unpaired) electrons. The molecule has 1 N–H and O–H groups in total. The van der Waals surface area contributed by atoms with Gasteiger partial charge in [-0.3, -0.25) is 9.78 Å². The summed E-state index contributed by atoms with van der Waals surface area (Å²) in [5.41, 5.74) is 6.05. The number of pyridine rings is 1. The number of aromatic nitrogens is 1. The van der Waals surface area contributed by atoms with E-state index in [0.29, 0.717) is 29.7 Å². The van der Waals surface area contributed by atoms with Crippen LogP contribution < -0.4 is 0 Å². The molecular formula is C33H45NO4S. The van der Waals surface area contributed by atoms with Crippen LogP contribution in [0, 0.1) is 5.41 Å². The van der Waals surface area contributed by atoms with Gasteiger partial charge in [-0.05, 0) is 85.1 Å². The van der Waals surface area contributed by atoms with Crippen LogP contribution in [0.2, 0.25) is 0 Å². The molecule has 2 aromatic rings. The molecule has 0 aliphatic heterocycles. The first kappa shape index (κ1) is 31.1. The van der Waals surface area contributed by atoms with Crippen LogP contribution >= 0.6 is 11.8 Å². The molecule has 0 spiro atoms. The molecule has 5 nitrogen and oxygen atoms in total. The first-order chi connectivity index (χ1) is 18.4. The van der Waals surface area contributed by atoms with Crippen molar-refractivity contribution in [2.24, 2.45) is 5.41 Å². The molecule has 1 unspecified atom stereocenters. The smallest absolute Gasteiger partial charge is 0.338 e. The number of thioether (sulfide) groups is 1. The van der Waals surface area contributed by atoms with Crippen molar-refractivity contribution in [3.63, 3.8) is 0 Å². The van der Waals surface area contributed by atoms with Crippen LogP contribution in [-0.4, -0.2) is 40.0 Å². The van der Waals surface area contributed by atoms with Crippen molar-refractivity contribution in [1.82, 2.24) is 4.98 Å². The summed E-state index contributed by atoms with van der Waals surface area (Å²) in [6.45, 7) is 14.9. The summed E-state index contributed by atoms with van der Waals surface area (Å²) in [4.78, 5) is 31.1. The first-order valence-corrected chi connectivity index (χ1v) is 15.5. The van der Waals surface area contributed by atoms with E-state index in [4.69, 9.17) is 9.72 Å². The number of rotatable bonds is 7. The van der Waals surface area contributed by atoms with Crippen LogP contribution in [0.25, 0.3) is 5.57 Å². The Kier molecular flexibility index (Phi) is 10.6. The normalized spacial score (nSPS) is 17.8. The van der Waals surface area contributed by atoms with Gasteiger partial charge in [-0.2, -0.15) is 11.8 Å². The number of fused-ring (bicyclic) bond motifs is 1. The van der Waals surface area contributed by atoms with Gasteiger partial charge in [0.1, 0.15) is 0 Å². The third kappa shape index (κ3) is 7.40. The Hall–Kier alpha value is -2.44. The van der Waals surface area contributed by atoms with Gasteiger partial charge in [0.05, 0.1) is 29.5 Å². The Balaban J connectivity index is 0.000000771. The molecule has 212 valence electrons. The topological polar surface area (TPSA) is 76.5 Å². The van der Waals surface area contributed by atoms with E-state index in [1.807, 2.05) is 11.8 Å². The lowest BCUT2D eigenvalue weighted by molar-refractivity contribution is 0.0526. The fraction of sp³-hybridized carbons (Fsp3) is 0.545. The molecule has 6 heteroatoms. The lowest BCUT2D eigenvalue weighted by Gasteiger charge is -2.37. The summed E-state index contributed by atoms with van der Waals surface area (Å²) < 4.78 is 5.07. The van der Waals surface area contributed by atoms with E-state index < -0.39 is 12.1 Å². The molecule has 39 heavy (non-hydrogen) atoms. The summed E-state index contributed by atoms with van der Waals surface area (Å²) in [5.74, 6) is -0.470. The molecule has 1 heterocycles. The molecule has 0 saturated heterocycles. The van der Waals surface area contributed by atoms with Crippen LogP contribution in [0.5, 0.6) is 0 Å². The maximum Gasteiger partial charge on any atom is 0.338 e. The Bertz CT molecular complexity index is 1210. The van der Waals surface area contributed by atoms with E-state index in [1.165, 1.54) is 0 Å². The van der Waals surface area contributed by atoms with Gasteiger partial charge in [0.15, 0.2) is 5.78 Å². The molecular weight excluding hydrogens is 506 g/mol. The molecule has 4 rings (SSSR count). The summed E-state index contributed by atoms with van der Waals surface area (Å²) in [6, 6.07) is 6.64. The third-order valence-corrected chi connectivity index (χ3v) is 8.28. The molecule has 0 saturated carbocycles. The molecule has 2 aliphatic rings. The average molecular weight is 552 g/mol. The fourth-order valence-corrected chi connectivity index (χ4v) is 5.31. The predicted octanol–water partition coefficient (Wildman–Crippen LogP) is 7.94. The number of carbonyl (C=O) groups excluding carboxylic acids is 2. The van der Waals surface area contributed by atoms with Gasteiger partial charge >= 0.3 is 5.97 Å². The predicted molar refractivity (Wildman–Crippen MR) is 162 cm³/mol. The van der Waals surface area contributed by atoms with E-state index in [1.54, 1.807) is 31.2 Å². The number of benzene rings is 1. The largest absolute Gasteiger partial charge is 0.462 e. The first-order valence-electron chi connectivity index (χ1n) is 14.2. The van der Waals surface area contributed by atoms with Crippen molar-refractivity contribution < 1.29 is 19.4 Å². The van der Waals surface area contributed by atoms with Crippen molar-refractivity contribution in [2.45, 2.75) is 97.8 Å². The van der Waals surface area contributed by atoms with Crippen LogP contribution in [-0.2, 0) is 11.2 Å². The summed E-state index contributed by atoms with van der Waals surface area (Å²) in [6.07, 6.45) is 8.03. The molecule has 0 amide bonds. The number of esters is 1. The van der Waals surface area contributed by atoms with Crippen molar-refractivity contribution >= 4 is 29.1 Å². The van der Waals surface area contributed by atoms with E-state index in [9.17, 15) is 14.7 Å². The zero-order chi connectivity index (χ0) is 28.9. The minimum Gasteiger partial charge on any atom is -0.462 e. The maximum absolute atomic E-state index is 14.0. The number of allylic oxidation sites excluding steroid dienone is 2. The highest BCUT2D eigenvalue weighted by Crippen LogP contribution is 2.47. The number of hydrogen-bond donors (Lipinski definition) is 1. The highest BCUT2D eigenvalue weighted by Gasteiger charge is 2.38. The van der Waals surface area contributed by atoms with E-state index in [0.717, 1.165) is 59.0 Å². The zero-order valence-corrected chi connectivity index (χ0v) is 25.7. The van der Waals surface area contributed by atoms with Crippen LogP contribution in [0.15, 0.2) is 30.3 Å². The number of ether oxygens (including phenoxy) is 1. The molecule has 1 aromatic carbocycles. The highest BCUT2D eigenvalue weighted by molar-refractivity contribution is 7.99. The SMILES string of the molecule is CCOC(=O)c1ccc(C(=O)c2c(C(C)C)nc3c(c2C2=CCCC2)C(O)CC(C)(C)C3)cc1.CSC(C)C. The van der Waals surface area contributed by atoms with Crippen molar-refractivity contribution in [2.75, 3.05) is 12.9 Å². The summed E-state index contributed by atoms with van der Waals surface area (Å²) in [7, 11) is 0.